The van der Waals surface area contributed by atoms with Crippen LogP contribution in [-0.4, -0.2) is 22.8 Å². The first-order valence-corrected chi connectivity index (χ1v) is 7.31. The van der Waals surface area contributed by atoms with Gasteiger partial charge in [0.25, 0.3) is 0 Å². The van der Waals surface area contributed by atoms with Gasteiger partial charge in [-0.05, 0) is 12.8 Å². The van der Waals surface area contributed by atoms with E-state index in [2.05, 4.69) is 31.1 Å². The second-order valence-electron chi connectivity index (χ2n) is 3.65. The van der Waals surface area contributed by atoms with Crippen LogP contribution >= 0.6 is 23.1 Å². The number of thiazole rings is 1. The van der Waals surface area contributed by atoms with Crippen LogP contribution in [0.25, 0.3) is 0 Å². The van der Waals surface area contributed by atoms with E-state index in [-0.39, 0.29) is 0 Å². The summed E-state index contributed by atoms with van der Waals surface area (Å²) in [6.07, 6.45) is 4.30. The highest BCUT2D eigenvalue weighted by atomic mass is 32.2. The number of nitrogens with zero attached hydrogens (tertiary/aromatic N) is 1. The Morgan fingerprint density at radius 2 is 2.20 bits per heavy atom. The fraction of sp³-hybridized carbons (Fsp3) is 0.727. The highest BCUT2D eigenvalue weighted by Gasteiger charge is 2.08. The van der Waals surface area contributed by atoms with Gasteiger partial charge in [-0.1, -0.05) is 32.5 Å². The molecule has 0 saturated heterocycles. The minimum absolute atomic E-state index is 0.594. The maximum absolute atomic E-state index is 4.28. The normalized spacial score (nSPS) is 13.3. The van der Waals surface area contributed by atoms with Gasteiger partial charge in [-0.25, -0.2) is 4.98 Å². The molecule has 15 heavy (non-hydrogen) atoms. The van der Waals surface area contributed by atoms with Crippen molar-refractivity contribution >= 4 is 23.1 Å². The van der Waals surface area contributed by atoms with Crippen LogP contribution < -0.4 is 5.32 Å². The van der Waals surface area contributed by atoms with Gasteiger partial charge in [0.15, 0.2) is 0 Å². The predicted octanol–water partition coefficient (Wildman–Crippen LogP) is 3.40. The van der Waals surface area contributed by atoms with Crippen LogP contribution in [0.4, 0.5) is 0 Å². The van der Waals surface area contributed by atoms with Crippen LogP contribution in [0, 0.1) is 0 Å². The lowest BCUT2D eigenvalue weighted by molar-refractivity contribution is 0.488. The molecule has 86 valence electrons. The molecular formula is C11H20N2S2. The molecule has 1 unspecified atom stereocenters. The van der Waals surface area contributed by atoms with Gasteiger partial charge in [0.1, 0.15) is 4.34 Å². The zero-order valence-electron chi connectivity index (χ0n) is 9.69. The minimum Gasteiger partial charge on any atom is -0.313 e. The third-order valence-electron chi connectivity index (χ3n) is 2.39. The number of hydrogen-bond donors (Lipinski definition) is 1. The molecule has 1 N–H and O–H groups in total. The fourth-order valence-corrected chi connectivity index (χ4v) is 3.28. The maximum atomic E-state index is 4.28. The van der Waals surface area contributed by atoms with Crippen molar-refractivity contribution in [2.75, 3.05) is 6.54 Å². The van der Waals surface area contributed by atoms with Crippen LogP contribution in [0.3, 0.4) is 0 Å². The van der Waals surface area contributed by atoms with Crippen LogP contribution in [0.1, 0.15) is 33.6 Å². The molecule has 2 nitrogen and oxygen atoms in total. The Morgan fingerprint density at radius 1 is 1.47 bits per heavy atom. The molecule has 0 spiro atoms. The highest BCUT2D eigenvalue weighted by Crippen LogP contribution is 2.24. The molecule has 1 atom stereocenters. The van der Waals surface area contributed by atoms with Crippen molar-refractivity contribution < 1.29 is 0 Å². The topological polar surface area (TPSA) is 24.9 Å². The molecule has 0 aliphatic heterocycles. The molecule has 0 bridgehead atoms. The molecule has 1 aromatic heterocycles. The summed E-state index contributed by atoms with van der Waals surface area (Å²) >= 11 is 3.58. The molecule has 0 aliphatic rings. The van der Waals surface area contributed by atoms with Gasteiger partial charge < -0.3 is 5.32 Å². The van der Waals surface area contributed by atoms with Crippen LogP contribution in [0.5, 0.6) is 0 Å². The lowest BCUT2D eigenvalue weighted by Crippen LogP contribution is -2.32. The Labute approximate surface area is 101 Å². The average molecular weight is 244 g/mol. The van der Waals surface area contributed by atoms with Gasteiger partial charge >= 0.3 is 0 Å². The van der Waals surface area contributed by atoms with E-state index in [1.807, 2.05) is 23.3 Å². The van der Waals surface area contributed by atoms with Gasteiger partial charge in [0.05, 0.1) is 0 Å². The van der Waals surface area contributed by atoms with Crippen LogP contribution in [0.2, 0.25) is 0 Å². The molecule has 0 radical (unpaired) electrons. The van der Waals surface area contributed by atoms with Gasteiger partial charge in [0.2, 0.25) is 0 Å². The highest BCUT2D eigenvalue weighted by molar-refractivity contribution is 8.01. The van der Waals surface area contributed by atoms with Crippen molar-refractivity contribution in [3.8, 4) is 0 Å². The summed E-state index contributed by atoms with van der Waals surface area (Å²) in [5.41, 5.74) is 0. The molecule has 0 aliphatic carbocycles. The molecule has 0 aromatic carbocycles. The van der Waals surface area contributed by atoms with Gasteiger partial charge in [-0.15, -0.1) is 11.3 Å². The first kappa shape index (κ1) is 13.0. The number of nitrogens with one attached hydrogen (secondary N) is 1. The quantitative estimate of drug-likeness (QED) is 0.744. The molecular weight excluding hydrogens is 224 g/mol. The standard InChI is InChI=1S/C11H20N2S2/c1-4-10(5-2)13-8-9(3)15-11-12-6-7-14-11/h6-7,9-10,13H,4-5,8H2,1-3H3. The SMILES string of the molecule is CCC(CC)NCC(C)Sc1nccs1. The van der Waals surface area contributed by atoms with Crippen molar-refractivity contribution in [2.24, 2.45) is 0 Å². The molecule has 0 amide bonds. The summed E-state index contributed by atoms with van der Waals surface area (Å²) in [6.45, 7) is 7.79. The zero-order valence-corrected chi connectivity index (χ0v) is 11.3. The van der Waals surface area contributed by atoms with E-state index >= 15 is 0 Å². The average Bonchev–Trinajstić information content (AvgIpc) is 2.72. The predicted molar refractivity (Wildman–Crippen MR) is 69.8 cm³/mol. The van der Waals surface area contributed by atoms with Crippen molar-refractivity contribution in [1.29, 1.82) is 0 Å². The summed E-state index contributed by atoms with van der Waals surface area (Å²) in [5.74, 6) is 0. The number of hydrogen-bond acceptors (Lipinski definition) is 4. The molecule has 0 saturated carbocycles. The van der Waals surface area contributed by atoms with E-state index in [1.165, 1.54) is 17.2 Å². The van der Waals surface area contributed by atoms with E-state index in [0.29, 0.717) is 11.3 Å². The lowest BCUT2D eigenvalue weighted by Gasteiger charge is -2.17. The summed E-state index contributed by atoms with van der Waals surface area (Å²) in [7, 11) is 0. The van der Waals surface area contributed by atoms with E-state index in [4.69, 9.17) is 0 Å². The second-order valence-corrected chi connectivity index (χ2v) is 6.23. The fourth-order valence-electron chi connectivity index (χ4n) is 1.39. The van der Waals surface area contributed by atoms with Crippen molar-refractivity contribution in [3.05, 3.63) is 11.6 Å². The molecule has 1 heterocycles. The zero-order chi connectivity index (χ0) is 11.1. The Morgan fingerprint density at radius 3 is 2.73 bits per heavy atom. The Hall–Kier alpha value is -0.0600. The summed E-state index contributed by atoms with van der Waals surface area (Å²) in [6, 6.07) is 0.671. The number of thioether (sulfide) groups is 1. The molecule has 0 fully saturated rings. The third-order valence-corrected chi connectivity index (χ3v) is 4.41. The smallest absolute Gasteiger partial charge is 0.150 e. The molecule has 4 heteroatoms. The summed E-state index contributed by atoms with van der Waals surface area (Å²) in [5, 5.41) is 6.21. The van der Waals surface area contributed by atoms with Gasteiger partial charge in [-0.2, -0.15) is 0 Å². The number of rotatable bonds is 7. The minimum atomic E-state index is 0.594. The largest absolute Gasteiger partial charge is 0.313 e. The lowest BCUT2D eigenvalue weighted by atomic mass is 10.2. The first-order chi connectivity index (χ1) is 7.26. The van der Waals surface area contributed by atoms with E-state index in [1.54, 1.807) is 11.3 Å². The number of aromatic nitrogens is 1. The van der Waals surface area contributed by atoms with Crippen molar-refractivity contribution in [2.45, 2.75) is 49.2 Å². The van der Waals surface area contributed by atoms with Gasteiger partial charge in [-0.3, -0.25) is 0 Å². The molecule has 1 rings (SSSR count). The Balaban J connectivity index is 2.21. The first-order valence-electron chi connectivity index (χ1n) is 5.55. The monoisotopic (exact) mass is 244 g/mol. The maximum Gasteiger partial charge on any atom is 0.150 e. The Kier molecular flexibility index (Phi) is 6.29. The van der Waals surface area contributed by atoms with Crippen LogP contribution in [-0.2, 0) is 0 Å². The van der Waals surface area contributed by atoms with Crippen LogP contribution in [0.15, 0.2) is 15.9 Å². The van der Waals surface area contributed by atoms with Crippen molar-refractivity contribution in [1.82, 2.24) is 10.3 Å². The second kappa shape index (κ2) is 7.25. The van der Waals surface area contributed by atoms with Gasteiger partial charge in [0, 0.05) is 29.4 Å². The Bertz CT molecular complexity index is 245. The van der Waals surface area contributed by atoms with E-state index in [0.717, 1.165) is 6.54 Å². The van der Waals surface area contributed by atoms with E-state index in [9.17, 15) is 0 Å². The van der Waals surface area contributed by atoms with E-state index < -0.39 is 0 Å². The third kappa shape index (κ3) is 5.00. The summed E-state index contributed by atoms with van der Waals surface area (Å²) < 4.78 is 1.17. The summed E-state index contributed by atoms with van der Waals surface area (Å²) in [4.78, 5) is 4.28. The van der Waals surface area contributed by atoms with Crippen molar-refractivity contribution in [3.63, 3.8) is 0 Å². The molecule has 1 aromatic rings.